The SMILES string of the molecule is CN(Cc1ccco1)S(=O)(=O)c1cc(N)c(F)cc1Br. The van der Waals surface area contributed by atoms with Crippen LogP contribution < -0.4 is 5.73 Å². The summed E-state index contributed by atoms with van der Waals surface area (Å²) >= 11 is 3.04. The van der Waals surface area contributed by atoms with Gasteiger partial charge in [0.15, 0.2) is 0 Å². The van der Waals surface area contributed by atoms with E-state index in [0.29, 0.717) is 5.76 Å². The normalized spacial score (nSPS) is 12.0. The number of halogens is 2. The number of benzene rings is 1. The fourth-order valence-electron chi connectivity index (χ4n) is 1.62. The Hall–Kier alpha value is -1.38. The van der Waals surface area contributed by atoms with Gasteiger partial charge in [-0.3, -0.25) is 0 Å². The van der Waals surface area contributed by atoms with Gasteiger partial charge in [-0.1, -0.05) is 0 Å². The summed E-state index contributed by atoms with van der Waals surface area (Å²) in [6.07, 6.45) is 1.46. The van der Waals surface area contributed by atoms with Crippen molar-refractivity contribution in [1.82, 2.24) is 4.31 Å². The van der Waals surface area contributed by atoms with Crippen molar-refractivity contribution in [2.75, 3.05) is 12.8 Å². The minimum absolute atomic E-state index is 0.0685. The van der Waals surface area contributed by atoms with Crippen LogP contribution in [0.1, 0.15) is 5.76 Å². The Morgan fingerprint density at radius 1 is 1.45 bits per heavy atom. The van der Waals surface area contributed by atoms with Crippen LogP contribution in [0.3, 0.4) is 0 Å². The van der Waals surface area contributed by atoms with Crippen LogP contribution in [0.4, 0.5) is 10.1 Å². The summed E-state index contributed by atoms with van der Waals surface area (Å²) in [5, 5.41) is 0. The number of anilines is 1. The van der Waals surface area contributed by atoms with Crippen molar-refractivity contribution in [3.8, 4) is 0 Å². The molecule has 0 aliphatic heterocycles. The number of nitrogens with two attached hydrogens (primary N) is 1. The van der Waals surface area contributed by atoms with Crippen LogP contribution in [0, 0.1) is 5.82 Å². The molecule has 20 heavy (non-hydrogen) atoms. The van der Waals surface area contributed by atoms with Crippen molar-refractivity contribution in [3.63, 3.8) is 0 Å². The Kier molecular flexibility index (Phi) is 4.17. The number of hydrogen-bond donors (Lipinski definition) is 1. The van der Waals surface area contributed by atoms with E-state index in [1.54, 1.807) is 12.1 Å². The third-order valence-electron chi connectivity index (χ3n) is 2.70. The van der Waals surface area contributed by atoms with E-state index in [1.807, 2.05) is 0 Å². The van der Waals surface area contributed by atoms with Gasteiger partial charge in [-0.25, -0.2) is 12.8 Å². The molecule has 0 fully saturated rings. The molecule has 2 aromatic rings. The molecule has 2 rings (SSSR count). The van der Waals surface area contributed by atoms with Gasteiger partial charge in [0.25, 0.3) is 0 Å². The summed E-state index contributed by atoms with van der Waals surface area (Å²) in [6, 6.07) is 5.46. The minimum Gasteiger partial charge on any atom is -0.468 e. The van der Waals surface area contributed by atoms with Gasteiger partial charge in [-0.05, 0) is 40.2 Å². The number of nitrogen functional groups attached to an aromatic ring is 1. The van der Waals surface area contributed by atoms with Gasteiger partial charge in [0.1, 0.15) is 11.6 Å². The van der Waals surface area contributed by atoms with Gasteiger partial charge in [0.05, 0.1) is 23.4 Å². The Balaban J connectivity index is 2.37. The summed E-state index contributed by atoms with van der Waals surface area (Å²) in [5.41, 5.74) is 5.20. The first-order chi connectivity index (χ1) is 9.32. The van der Waals surface area contributed by atoms with Gasteiger partial charge in [0.2, 0.25) is 10.0 Å². The van der Waals surface area contributed by atoms with Crippen LogP contribution in [-0.2, 0) is 16.6 Å². The minimum atomic E-state index is -3.81. The zero-order valence-electron chi connectivity index (χ0n) is 10.5. The standard InChI is InChI=1S/C12H12BrFN2O3S/c1-16(7-8-3-2-4-19-8)20(17,18)12-6-11(15)10(14)5-9(12)13/h2-6H,7,15H2,1H3. The molecule has 0 unspecified atom stereocenters. The molecule has 0 bridgehead atoms. The Morgan fingerprint density at radius 2 is 2.15 bits per heavy atom. The lowest BCUT2D eigenvalue weighted by Gasteiger charge is -2.17. The molecule has 108 valence electrons. The van der Waals surface area contributed by atoms with E-state index < -0.39 is 15.8 Å². The maximum absolute atomic E-state index is 13.3. The monoisotopic (exact) mass is 362 g/mol. The maximum atomic E-state index is 13.3. The van der Waals surface area contributed by atoms with Crippen LogP contribution >= 0.6 is 15.9 Å². The van der Waals surface area contributed by atoms with Crippen molar-refractivity contribution in [1.29, 1.82) is 0 Å². The molecule has 5 nitrogen and oxygen atoms in total. The topological polar surface area (TPSA) is 76.5 Å². The highest BCUT2D eigenvalue weighted by Crippen LogP contribution is 2.29. The van der Waals surface area contributed by atoms with E-state index in [-0.39, 0.29) is 21.6 Å². The highest BCUT2D eigenvalue weighted by atomic mass is 79.9. The largest absolute Gasteiger partial charge is 0.468 e. The third-order valence-corrected chi connectivity index (χ3v) is 5.46. The summed E-state index contributed by atoms with van der Waals surface area (Å²) in [7, 11) is -2.40. The van der Waals surface area contributed by atoms with E-state index in [4.69, 9.17) is 10.2 Å². The molecule has 0 atom stereocenters. The van der Waals surface area contributed by atoms with Gasteiger partial charge in [0, 0.05) is 11.5 Å². The summed E-state index contributed by atoms with van der Waals surface area (Å²) in [5.74, 6) is -0.174. The summed E-state index contributed by atoms with van der Waals surface area (Å²) in [4.78, 5) is -0.0922. The molecular weight excluding hydrogens is 351 g/mol. The zero-order chi connectivity index (χ0) is 14.9. The van der Waals surface area contributed by atoms with Crippen molar-refractivity contribution >= 4 is 31.6 Å². The van der Waals surface area contributed by atoms with E-state index in [2.05, 4.69) is 15.9 Å². The van der Waals surface area contributed by atoms with Crippen molar-refractivity contribution in [2.24, 2.45) is 0 Å². The first-order valence-corrected chi connectivity index (χ1v) is 7.79. The van der Waals surface area contributed by atoms with Gasteiger partial charge >= 0.3 is 0 Å². The van der Waals surface area contributed by atoms with Crippen molar-refractivity contribution < 1.29 is 17.2 Å². The fraction of sp³-hybridized carbons (Fsp3) is 0.167. The van der Waals surface area contributed by atoms with E-state index in [9.17, 15) is 12.8 Å². The molecule has 0 spiro atoms. The quantitative estimate of drug-likeness (QED) is 0.848. The van der Waals surface area contributed by atoms with Crippen LogP contribution in [0.5, 0.6) is 0 Å². The average Bonchev–Trinajstić information content (AvgIpc) is 2.86. The van der Waals surface area contributed by atoms with Crippen LogP contribution in [0.2, 0.25) is 0 Å². The summed E-state index contributed by atoms with van der Waals surface area (Å²) in [6.45, 7) is 0.0685. The molecule has 1 aromatic heterocycles. The van der Waals surface area contributed by atoms with Crippen LogP contribution in [-0.4, -0.2) is 19.8 Å². The molecule has 1 aromatic carbocycles. The van der Waals surface area contributed by atoms with Crippen LogP contribution in [0.15, 0.2) is 44.3 Å². The van der Waals surface area contributed by atoms with Gasteiger partial charge in [-0.2, -0.15) is 4.31 Å². The first-order valence-electron chi connectivity index (χ1n) is 5.55. The number of nitrogens with zero attached hydrogens (tertiary/aromatic N) is 1. The molecule has 0 amide bonds. The zero-order valence-corrected chi connectivity index (χ0v) is 12.9. The summed E-state index contributed by atoms with van der Waals surface area (Å²) < 4.78 is 44.4. The molecule has 1 heterocycles. The second-order valence-corrected chi connectivity index (χ2v) is 7.01. The predicted molar refractivity (Wildman–Crippen MR) is 75.9 cm³/mol. The molecule has 0 radical (unpaired) electrons. The fourth-order valence-corrected chi connectivity index (χ4v) is 3.76. The predicted octanol–water partition coefficient (Wildman–Crippen LogP) is 2.58. The molecule has 0 saturated heterocycles. The van der Waals surface area contributed by atoms with Gasteiger partial charge in [-0.15, -0.1) is 0 Å². The highest BCUT2D eigenvalue weighted by molar-refractivity contribution is 9.10. The molecule has 0 aliphatic carbocycles. The Labute approximate surface area is 124 Å². The second kappa shape index (κ2) is 5.55. The molecule has 8 heteroatoms. The van der Waals surface area contributed by atoms with Crippen LogP contribution in [0.25, 0.3) is 0 Å². The average molecular weight is 363 g/mol. The number of sulfonamides is 1. The van der Waals surface area contributed by atoms with Gasteiger partial charge < -0.3 is 10.2 Å². The Morgan fingerprint density at radius 3 is 2.75 bits per heavy atom. The third kappa shape index (κ3) is 2.87. The van der Waals surface area contributed by atoms with Crippen molar-refractivity contribution in [2.45, 2.75) is 11.4 Å². The van der Waals surface area contributed by atoms with E-state index in [1.165, 1.54) is 13.3 Å². The molecule has 0 saturated carbocycles. The van der Waals surface area contributed by atoms with E-state index in [0.717, 1.165) is 16.4 Å². The lowest BCUT2D eigenvalue weighted by atomic mass is 10.3. The smallest absolute Gasteiger partial charge is 0.244 e. The number of rotatable bonds is 4. The second-order valence-electron chi connectivity index (χ2n) is 4.14. The number of hydrogen-bond acceptors (Lipinski definition) is 4. The molecule has 2 N–H and O–H groups in total. The number of furan rings is 1. The first kappa shape index (κ1) is 15.0. The Bertz CT molecular complexity index is 717. The van der Waals surface area contributed by atoms with Crippen molar-refractivity contribution in [3.05, 3.63) is 46.6 Å². The highest BCUT2D eigenvalue weighted by Gasteiger charge is 2.25. The molecular formula is C12H12BrFN2O3S. The van der Waals surface area contributed by atoms with E-state index >= 15 is 0 Å². The molecule has 0 aliphatic rings. The maximum Gasteiger partial charge on any atom is 0.244 e. The lowest BCUT2D eigenvalue weighted by molar-refractivity contribution is 0.406. The lowest BCUT2D eigenvalue weighted by Crippen LogP contribution is -2.26.